The number of carbonyl (C=O) groups excluding carboxylic acids is 1. The van der Waals surface area contributed by atoms with E-state index < -0.39 is 58.5 Å². The van der Waals surface area contributed by atoms with E-state index in [0.29, 0.717) is 11.8 Å². The van der Waals surface area contributed by atoms with E-state index in [1.807, 2.05) is 0 Å². The summed E-state index contributed by atoms with van der Waals surface area (Å²) < 4.78 is 93.6. The summed E-state index contributed by atoms with van der Waals surface area (Å²) in [6.45, 7) is 3.03. The Morgan fingerprint density at radius 3 is 1.81 bits per heavy atom. The molecule has 8 nitrogen and oxygen atoms in total. The first-order valence-electron chi connectivity index (χ1n) is 13.6. The maximum atomic E-state index is 12.8. The van der Waals surface area contributed by atoms with Gasteiger partial charge in [-0.3, -0.25) is 0 Å². The molecular formula is C28H30AlBCl2F6IN4O4. The molecule has 1 N–H and O–H groups in total. The zero-order valence-corrected chi connectivity index (χ0v) is 30.8. The van der Waals surface area contributed by atoms with Gasteiger partial charge in [-0.25, -0.2) is 14.2 Å². The van der Waals surface area contributed by atoms with Crippen LogP contribution in [0.5, 0.6) is 0 Å². The normalized spacial score (nSPS) is 12.7. The van der Waals surface area contributed by atoms with Crippen LogP contribution in [0.25, 0.3) is 11.4 Å². The van der Waals surface area contributed by atoms with Gasteiger partial charge in [-0.1, -0.05) is 47.5 Å². The number of aromatic nitrogens is 4. The Bertz CT molecular complexity index is 1570. The van der Waals surface area contributed by atoms with Crippen LogP contribution >= 0.6 is 45.4 Å². The maximum absolute atomic E-state index is 12.8. The molecule has 2 aromatic heterocycles. The fourth-order valence-corrected chi connectivity index (χ4v) is 4.12. The van der Waals surface area contributed by atoms with Crippen molar-refractivity contribution in [3.8, 4) is 11.4 Å². The first-order valence-corrected chi connectivity index (χ1v) is 15.3. The number of aliphatic hydroxyl groups is 1. The van der Waals surface area contributed by atoms with Gasteiger partial charge in [0.1, 0.15) is 17.4 Å². The number of rotatable bonds is 5. The van der Waals surface area contributed by atoms with Crippen molar-refractivity contribution in [1.82, 2.24) is 19.6 Å². The van der Waals surface area contributed by atoms with Crippen LogP contribution in [-0.4, -0.2) is 74.1 Å². The molecule has 2 aromatic carbocycles. The van der Waals surface area contributed by atoms with Gasteiger partial charge >= 0.3 is 46.8 Å². The van der Waals surface area contributed by atoms with E-state index in [1.165, 1.54) is 37.1 Å². The predicted octanol–water partition coefficient (Wildman–Crippen LogP) is 6.61. The Balaban J connectivity index is 0.000000386. The van der Waals surface area contributed by atoms with Crippen molar-refractivity contribution in [2.75, 3.05) is 19.8 Å². The number of alkyl halides is 6. The standard InChI is InChI=1S/C13H10ClF3N2O2.C11H8ClF3N2O.C4H8O.Al.BH2I.2H/c1-2-21-12(20)10-7-11(13(15,16)17)18-19(10)9-6-4-3-5-8(9)14;12-8-3-1-2-4-9(8)17-7(6-18)5-10(16-17)11(13,14)15;1-2-4-5-3-1;;1-2;;/h3-7H,2H2,1H3;1-5,18H,6H2;1-4H2;;2H2;;/i;;;;2D;;. The van der Waals surface area contributed by atoms with Crippen LogP contribution in [0.2, 0.25) is 10.0 Å². The number of nitrogens with zero attached hydrogens (tertiary/aromatic N) is 4. The first kappa shape index (κ1) is 40.9. The molecule has 4 aromatic rings. The smallest absolute Gasteiger partial charge is 0.146 e. The van der Waals surface area contributed by atoms with Crippen LogP contribution in [0.3, 0.4) is 0 Å². The number of carbonyl (C=O) groups is 1. The molecule has 0 atom stereocenters. The fourth-order valence-electron chi connectivity index (χ4n) is 3.69. The number of hydrogen-bond acceptors (Lipinski definition) is 6. The van der Waals surface area contributed by atoms with Crippen LogP contribution in [0.4, 0.5) is 26.3 Å². The average Bonchev–Trinajstić information content (AvgIpc) is 3.80. The molecule has 5 rings (SSSR count). The first-order chi connectivity index (χ1) is 22.2. The number of hydrogen-bond donors (Lipinski definition) is 1. The van der Waals surface area contributed by atoms with Gasteiger partial charge in [0.15, 0.2) is 17.1 Å². The minimum atomic E-state index is -4.67. The molecule has 1 saturated heterocycles. The zero-order valence-electron chi connectivity index (χ0n) is 26.0. The van der Waals surface area contributed by atoms with Crippen molar-refractivity contribution in [3.05, 3.63) is 93.5 Å². The SMILES string of the molecule is C1CCOC1.CCOC(=O)c1cc(C(F)(F)F)nn1-c1ccccc1Cl.OCc1cc(C(F)(F)F)nn1-c1ccccc1Cl.[2H][IH][B].[AlH2]. The minimum Gasteiger partial charge on any atom is 0.146 e. The summed E-state index contributed by atoms with van der Waals surface area (Å²) >= 11 is 11.0. The Labute approximate surface area is 302 Å². The van der Waals surface area contributed by atoms with E-state index in [2.05, 4.69) is 15.9 Å². The van der Waals surface area contributed by atoms with Gasteiger partial charge in [-0.2, -0.15) is 36.5 Å². The summed E-state index contributed by atoms with van der Waals surface area (Å²) in [6.07, 6.45) is -6.68. The largest absolute Gasteiger partial charge is 0.146 e. The minimum absolute atomic E-state index is 0. The molecule has 0 unspecified atom stereocenters. The van der Waals surface area contributed by atoms with E-state index >= 15 is 0 Å². The molecule has 19 heteroatoms. The molecule has 1 aliphatic heterocycles. The monoisotopic (exact) mass is 836 g/mol. The van der Waals surface area contributed by atoms with E-state index in [1.54, 1.807) is 31.2 Å². The number of halogens is 9. The molecule has 0 spiro atoms. The molecule has 1 fully saturated rings. The van der Waals surface area contributed by atoms with Gasteiger partial charge in [-0.15, -0.1) is 0 Å². The van der Waals surface area contributed by atoms with Crippen LogP contribution in [0.15, 0.2) is 60.7 Å². The van der Waals surface area contributed by atoms with Crippen LogP contribution < -0.4 is 0 Å². The Morgan fingerprint density at radius 1 is 0.957 bits per heavy atom. The molecule has 0 aliphatic carbocycles. The number of aliphatic hydroxyl groups excluding tert-OH is 1. The third kappa shape index (κ3) is 12.6. The molecule has 0 bridgehead atoms. The van der Waals surface area contributed by atoms with E-state index in [0.717, 1.165) is 28.6 Å². The molecule has 3 heterocycles. The third-order valence-corrected chi connectivity index (χ3v) is 6.35. The zero-order chi connectivity index (χ0) is 35.2. The Morgan fingerprint density at radius 2 is 1.40 bits per heavy atom. The van der Waals surface area contributed by atoms with Crippen molar-refractivity contribution in [2.24, 2.45) is 0 Å². The Hall–Kier alpha value is -2.26. The van der Waals surface area contributed by atoms with Crippen molar-refractivity contribution in [3.63, 3.8) is 0 Å². The van der Waals surface area contributed by atoms with E-state index in [9.17, 15) is 31.1 Å². The summed E-state index contributed by atoms with van der Waals surface area (Å²) in [5, 5.41) is 16.4. The van der Waals surface area contributed by atoms with Crippen LogP contribution in [0.1, 0.15) is 47.3 Å². The van der Waals surface area contributed by atoms with Gasteiger partial charge in [0, 0.05) is 19.3 Å². The number of para-hydroxylation sites is 2. The molecule has 1 aliphatic rings. The van der Waals surface area contributed by atoms with Gasteiger partial charge in [-0.05, 0) is 50.1 Å². The van der Waals surface area contributed by atoms with Crippen LogP contribution in [0, 0.1) is 0 Å². The van der Waals surface area contributed by atoms with Gasteiger partial charge in [0.25, 0.3) is 0 Å². The van der Waals surface area contributed by atoms with Crippen molar-refractivity contribution in [1.29, 1.82) is 0.594 Å². The van der Waals surface area contributed by atoms with E-state index in [4.69, 9.17) is 38.4 Å². The molecule has 0 amide bonds. The summed E-state index contributed by atoms with van der Waals surface area (Å²) in [5.41, 5.74) is 2.53. The molecule has 0 saturated carbocycles. The summed E-state index contributed by atoms with van der Waals surface area (Å²) in [7, 11) is 0. The molecule has 3 radical (unpaired) electrons. The van der Waals surface area contributed by atoms with E-state index in [-0.39, 0.29) is 51.1 Å². The summed E-state index contributed by atoms with van der Waals surface area (Å²) in [4.78, 5) is 11.8. The summed E-state index contributed by atoms with van der Waals surface area (Å²) in [5.74, 6) is -0.902. The van der Waals surface area contributed by atoms with Gasteiger partial charge in [0.05, 0.1) is 40.3 Å². The van der Waals surface area contributed by atoms with Gasteiger partial charge in [0.2, 0.25) is 0 Å². The molecular weight excluding hydrogens is 806 g/mol. The van der Waals surface area contributed by atoms with Gasteiger partial charge < -0.3 is 14.6 Å². The number of esters is 1. The molecule has 47 heavy (non-hydrogen) atoms. The quantitative estimate of drug-likeness (QED) is 0.105. The number of benzene rings is 2. The topological polar surface area (TPSA) is 91.4 Å². The predicted molar refractivity (Wildman–Crippen MR) is 180 cm³/mol. The van der Waals surface area contributed by atoms with Crippen molar-refractivity contribution in [2.45, 2.75) is 38.7 Å². The van der Waals surface area contributed by atoms with Crippen LogP contribution in [-0.2, 0) is 28.4 Å². The van der Waals surface area contributed by atoms with Crippen molar-refractivity contribution < 1.29 is 45.7 Å². The third-order valence-electron chi connectivity index (χ3n) is 5.71. The second-order valence-corrected chi connectivity index (χ2v) is 9.67. The fraction of sp³-hybridized carbons (Fsp3) is 0.321. The summed E-state index contributed by atoms with van der Waals surface area (Å²) in [6, 6.07) is 13.9. The average molecular weight is 837 g/mol. The Kier molecular flexibility index (Phi) is 17.7. The maximum Gasteiger partial charge on any atom is 0.146 e. The number of ether oxygens (including phenoxy) is 2. The second-order valence-electron chi connectivity index (χ2n) is 8.86. The van der Waals surface area contributed by atoms with Crippen molar-refractivity contribution >= 4 is 74.4 Å². The second kappa shape index (κ2) is 20.3. The molecule has 255 valence electrons.